The summed E-state index contributed by atoms with van der Waals surface area (Å²) in [7, 11) is 1.78. The van der Waals surface area contributed by atoms with Crippen LogP contribution in [0.4, 0.5) is 5.69 Å². The standard InChI is InChI=1S/C21H31N5O/c1-15(2)20-13-19(27-25-20)14-23-21(22-4)24-16(3)17-8-7-9-18(12-17)26-10-5-6-11-26/h7-9,12-13,15-16H,5-6,10-11,14H2,1-4H3,(H2,22,23,24). The number of nitrogens with zero attached hydrogens (tertiary/aromatic N) is 3. The van der Waals surface area contributed by atoms with Crippen LogP contribution in [0.1, 0.15) is 62.6 Å². The molecule has 1 saturated heterocycles. The highest BCUT2D eigenvalue weighted by Gasteiger charge is 2.15. The summed E-state index contributed by atoms with van der Waals surface area (Å²) in [6.45, 7) is 9.23. The normalized spacial score (nSPS) is 16.0. The van der Waals surface area contributed by atoms with Crippen LogP contribution >= 0.6 is 0 Å². The van der Waals surface area contributed by atoms with E-state index < -0.39 is 0 Å². The number of benzene rings is 1. The van der Waals surface area contributed by atoms with Crippen LogP contribution in [0.3, 0.4) is 0 Å². The Morgan fingerprint density at radius 3 is 2.67 bits per heavy atom. The SMILES string of the molecule is CN=C(NCc1cc(C(C)C)no1)NC(C)c1cccc(N2CCCC2)c1. The lowest BCUT2D eigenvalue weighted by molar-refractivity contribution is 0.371. The summed E-state index contributed by atoms with van der Waals surface area (Å²) in [5.74, 6) is 1.92. The molecule has 1 aliphatic rings. The molecule has 0 amide bonds. The third kappa shape index (κ3) is 5.02. The van der Waals surface area contributed by atoms with Gasteiger partial charge in [-0.3, -0.25) is 4.99 Å². The number of hydrogen-bond acceptors (Lipinski definition) is 4. The van der Waals surface area contributed by atoms with Crippen LogP contribution in [0.15, 0.2) is 39.8 Å². The van der Waals surface area contributed by atoms with Gasteiger partial charge in [0.2, 0.25) is 0 Å². The van der Waals surface area contributed by atoms with E-state index in [0.29, 0.717) is 12.5 Å². The lowest BCUT2D eigenvalue weighted by Gasteiger charge is -2.22. The second-order valence-electron chi connectivity index (χ2n) is 7.45. The van der Waals surface area contributed by atoms with Gasteiger partial charge in [-0.25, -0.2) is 0 Å². The van der Waals surface area contributed by atoms with E-state index in [4.69, 9.17) is 4.52 Å². The summed E-state index contributed by atoms with van der Waals surface area (Å²) >= 11 is 0. The number of rotatable bonds is 6. The van der Waals surface area contributed by atoms with Crippen molar-refractivity contribution >= 4 is 11.6 Å². The summed E-state index contributed by atoms with van der Waals surface area (Å²) in [6.07, 6.45) is 2.57. The maximum Gasteiger partial charge on any atom is 0.191 e. The van der Waals surface area contributed by atoms with Crippen molar-refractivity contribution in [3.63, 3.8) is 0 Å². The fourth-order valence-corrected chi connectivity index (χ4v) is 3.30. The van der Waals surface area contributed by atoms with E-state index in [1.807, 2.05) is 6.07 Å². The van der Waals surface area contributed by atoms with Crippen molar-refractivity contribution in [3.8, 4) is 0 Å². The van der Waals surface area contributed by atoms with Crippen molar-refractivity contribution < 1.29 is 4.52 Å². The van der Waals surface area contributed by atoms with Gasteiger partial charge in [-0.2, -0.15) is 0 Å². The Bertz CT molecular complexity index is 761. The molecule has 0 saturated carbocycles. The number of nitrogens with one attached hydrogen (secondary N) is 2. The van der Waals surface area contributed by atoms with E-state index in [2.05, 4.69) is 70.7 Å². The van der Waals surface area contributed by atoms with Gasteiger partial charge in [0.25, 0.3) is 0 Å². The molecule has 1 aromatic carbocycles. The summed E-state index contributed by atoms with van der Waals surface area (Å²) in [6, 6.07) is 10.9. The molecule has 6 heteroatoms. The number of hydrogen-bond donors (Lipinski definition) is 2. The van der Waals surface area contributed by atoms with Crippen molar-refractivity contribution in [2.45, 2.75) is 52.1 Å². The van der Waals surface area contributed by atoms with Crippen molar-refractivity contribution in [2.75, 3.05) is 25.0 Å². The Kier molecular flexibility index (Phi) is 6.37. The van der Waals surface area contributed by atoms with Crippen LogP contribution < -0.4 is 15.5 Å². The molecule has 146 valence electrons. The highest BCUT2D eigenvalue weighted by atomic mass is 16.5. The van der Waals surface area contributed by atoms with Crippen molar-refractivity contribution in [2.24, 2.45) is 4.99 Å². The molecule has 1 aromatic heterocycles. The molecule has 2 heterocycles. The number of aromatic nitrogens is 1. The van der Waals surface area contributed by atoms with Gasteiger partial charge >= 0.3 is 0 Å². The third-order valence-electron chi connectivity index (χ3n) is 5.02. The number of guanidine groups is 1. The van der Waals surface area contributed by atoms with E-state index in [9.17, 15) is 0 Å². The quantitative estimate of drug-likeness (QED) is 0.598. The van der Waals surface area contributed by atoms with Gasteiger partial charge in [0.05, 0.1) is 18.3 Å². The molecule has 6 nitrogen and oxygen atoms in total. The molecule has 0 bridgehead atoms. The molecule has 2 N–H and O–H groups in total. The molecule has 0 spiro atoms. The Labute approximate surface area is 162 Å². The van der Waals surface area contributed by atoms with Crippen LogP contribution in [-0.2, 0) is 6.54 Å². The summed E-state index contributed by atoms with van der Waals surface area (Å²) in [4.78, 5) is 6.79. The Balaban J connectivity index is 1.58. The van der Waals surface area contributed by atoms with E-state index in [0.717, 1.165) is 30.5 Å². The second kappa shape index (κ2) is 8.93. The average Bonchev–Trinajstić information content (AvgIpc) is 3.37. The third-order valence-corrected chi connectivity index (χ3v) is 5.02. The zero-order valence-corrected chi connectivity index (χ0v) is 16.8. The highest BCUT2D eigenvalue weighted by molar-refractivity contribution is 5.80. The minimum Gasteiger partial charge on any atom is -0.372 e. The zero-order chi connectivity index (χ0) is 19.2. The fourth-order valence-electron chi connectivity index (χ4n) is 3.30. The lowest BCUT2D eigenvalue weighted by atomic mass is 10.1. The molecule has 3 rings (SSSR count). The van der Waals surface area contributed by atoms with Crippen LogP contribution in [-0.4, -0.2) is 31.3 Å². The first-order chi connectivity index (χ1) is 13.1. The maximum atomic E-state index is 5.38. The van der Waals surface area contributed by atoms with Gasteiger partial charge < -0.3 is 20.1 Å². The lowest BCUT2D eigenvalue weighted by Crippen LogP contribution is -2.38. The Hall–Kier alpha value is -2.50. The maximum absolute atomic E-state index is 5.38. The minimum absolute atomic E-state index is 0.153. The van der Waals surface area contributed by atoms with Gasteiger partial charge in [-0.05, 0) is 43.4 Å². The van der Waals surface area contributed by atoms with Crippen molar-refractivity contribution in [1.29, 1.82) is 0 Å². The molecular formula is C21H31N5O. The molecule has 1 unspecified atom stereocenters. The molecule has 27 heavy (non-hydrogen) atoms. The first kappa shape index (κ1) is 19.3. The molecule has 1 aliphatic heterocycles. The van der Waals surface area contributed by atoms with Crippen molar-refractivity contribution in [1.82, 2.24) is 15.8 Å². The van der Waals surface area contributed by atoms with Crippen molar-refractivity contribution in [3.05, 3.63) is 47.3 Å². The number of aliphatic imine (C=N–C) groups is 1. The molecular weight excluding hydrogens is 338 g/mol. The second-order valence-corrected chi connectivity index (χ2v) is 7.45. The van der Waals surface area contributed by atoms with Crippen LogP contribution in [0.25, 0.3) is 0 Å². The first-order valence-electron chi connectivity index (χ1n) is 9.84. The summed E-state index contributed by atoms with van der Waals surface area (Å²) in [5, 5.41) is 10.9. The van der Waals surface area contributed by atoms with Crippen LogP contribution in [0, 0.1) is 0 Å². The minimum atomic E-state index is 0.153. The van der Waals surface area contributed by atoms with E-state index in [1.165, 1.54) is 24.1 Å². The van der Waals surface area contributed by atoms with Gasteiger partial charge in [-0.1, -0.05) is 31.1 Å². The predicted molar refractivity (Wildman–Crippen MR) is 110 cm³/mol. The monoisotopic (exact) mass is 369 g/mol. The summed E-state index contributed by atoms with van der Waals surface area (Å²) < 4.78 is 5.38. The first-order valence-corrected chi connectivity index (χ1v) is 9.84. The molecule has 0 radical (unpaired) electrons. The van der Waals surface area contributed by atoms with E-state index in [-0.39, 0.29) is 6.04 Å². The zero-order valence-electron chi connectivity index (χ0n) is 16.8. The van der Waals surface area contributed by atoms with E-state index in [1.54, 1.807) is 7.05 Å². The Morgan fingerprint density at radius 1 is 1.22 bits per heavy atom. The molecule has 2 aromatic rings. The average molecular weight is 370 g/mol. The highest BCUT2D eigenvalue weighted by Crippen LogP contribution is 2.24. The summed E-state index contributed by atoms with van der Waals surface area (Å²) in [5.41, 5.74) is 3.54. The number of anilines is 1. The van der Waals surface area contributed by atoms with Crippen LogP contribution in [0.5, 0.6) is 0 Å². The predicted octanol–water partition coefficient (Wildman–Crippen LogP) is 3.82. The molecule has 0 aliphatic carbocycles. The van der Waals surface area contributed by atoms with Gasteiger partial charge in [-0.15, -0.1) is 0 Å². The topological polar surface area (TPSA) is 65.7 Å². The Morgan fingerprint density at radius 2 is 2.00 bits per heavy atom. The van der Waals surface area contributed by atoms with E-state index >= 15 is 0 Å². The smallest absolute Gasteiger partial charge is 0.191 e. The van der Waals surface area contributed by atoms with Gasteiger partial charge in [0, 0.05) is 31.9 Å². The molecule has 1 fully saturated rings. The molecule has 1 atom stereocenters. The largest absolute Gasteiger partial charge is 0.372 e. The van der Waals surface area contributed by atoms with Gasteiger partial charge in [0.1, 0.15) is 0 Å². The fraction of sp³-hybridized carbons (Fsp3) is 0.524. The van der Waals surface area contributed by atoms with Gasteiger partial charge in [0.15, 0.2) is 11.7 Å². The van der Waals surface area contributed by atoms with Crippen LogP contribution in [0.2, 0.25) is 0 Å².